The van der Waals surface area contributed by atoms with Gasteiger partial charge in [-0.1, -0.05) is 52.5 Å². The van der Waals surface area contributed by atoms with E-state index in [1.165, 1.54) is 0 Å². The van der Waals surface area contributed by atoms with Crippen molar-refractivity contribution in [2.24, 2.45) is 0 Å². The van der Waals surface area contributed by atoms with Crippen LogP contribution in [0.1, 0.15) is 26.7 Å². The highest BCUT2D eigenvalue weighted by molar-refractivity contribution is 6.70. The van der Waals surface area contributed by atoms with E-state index in [1.54, 1.807) is 6.08 Å². The number of ether oxygens (including phenoxy) is 2. The normalized spacial score (nSPS) is 44.4. The number of hydrogen-bond donors (Lipinski definition) is 0. The summed E-state index contributed by atoms with van der Waals surface area (Å²) in [5, 5.41) is 0. The van der Waals surface area contributed by atoms with Crippen LogP contribution in [0.4, 0.5) is 0 Å². The molecule has 0 aromatic rings. The predicted molar refractivity (Wildman–Crippen MR) is 78.8 cm³/mol. The van der Waals surface area contributed by atoms with Gasteiger partial charge in [0.15, 0.2) is 0 Å². The summed E-state index contributed by atoms with van der Waals surface area (Å²) >= 11 is 24.8. The zero-order valence-electron chi connectivity index (χ0n) is 11.0. The van der Waals surface area contributed by atoms with Gasteiger partial charge >= 0.3 is 0 Å². The first-order valence-electron chi connectivity index (χ1n) is 6.36. The third-order valence-electron chi connectivity index (χ3n) is 4.46. The maximum atomic E-state index is 12.4. The summed E-state index contributed by atoms with van der Waals surface area (Å²) in [5.74, 6) is -0.622. The van der Waals surface area contributed by atoms with E-state index in [2.05, 4.69) is 0 Å². The summed E-state index contributed by atoms with van der Waals surface area (Å²) in [7, 11) is 0. The molecule has 3 aliphatic rings. The predicted octanol–water partition coefficient (Wildman–Crippen LogP) is 3.57. The largest absolute Gasteiger partial charge is 0.370 e. The first kappa shape index (κ1) is 15.4. The number of epoxide rings is 1. The van der Waals surface area contributed by atoms with Crippen LogP contribution < -0.4 is 0 Å². The fourth-order valence-electron chi connectivity index (χ4n) is 2.85. The molecule has 3 rings (SSSR count). The zero-order chi connectivity index (χ0) is 15.0. The Kier molecular flexibility index (Phi) is 3.29. The number of carbonyl (C=O) groups excluding carboxylic acids is 1. The zero-order valence-corrected chi connectivity index (χ0v) is 14.0. The van der Waals surface area contributed by atoms with E-state index in [0.717, 1.165) is 5.57 Å². The summed E-state index contributed by atoms with van der Waals surface area (Å²) in [5.41, 5.74) is -0.479. The molecule has 0 amide bonds. The summed E-state index contributed by atoms with van der Waals surface area (Å²) in [6.07, 6.45) is 2.18. The minimum absolute atomic E-state index is 0.181. The third kappa shape index (κ3) is 1.90. The molecule has 7 heteroatoms. The second-order valence-corrected chi connectivity index (χ2v) is 8.69. The Balaban J connectivity index is 1.97. The summed E-state index contributed by atoms with van der Waals surface area (Å²) in [6.45, 7) is 4.52. The van der Waals surface area contributed by atoms with Crippen LogP contribution in [0.15, 0.2) is 11.6 Å². The molecule has 0 aliphatic carbocycles. The van der Waals surface area contributed by atoms with Crippen LogP contribution in [0.5, 0.6) is 0 Å². The molecule has 0 aromatic heterocycles. The highest BCUT2D eigenvalue weighted by atomic mass is 35.5. The molecule has 0 spiro atoms. The molecule has 2 bridgehead atoms. The molecular weight excluding hydrogens is 346 g/mol. The molecule has 0 saturated carbocycles. The lowest BCUT2D eigenvalue weighted by Crippen LogP contribution is -2.64. The smallest absolute Gasteiger partial charge is 0.211 e. The Labute approximate surface area is 137 Å². The van der Waals surface area contributed by atoms with E-state index in [1.807, 2.05) is 13.8 Å². The lowest BCUT2D eigenvalue weighted by molar-refractivity contribution is -0.143. The lowest BCUT2D eigenvalue weighted by atomic mass is 9.82. The highest BCUT2D eigenvalue weighted by Crippen LogP contribution is 2.59. The van der Waals surface area contributed by atoms with Crippen molar-refractivity contribution >= 4 is 52.2 Å². The Hall–Kier alpha value is 0.490. The first-order chi connectivity index (χ1) is 9.05. The molecule has 112 valence electrons. The number of fused-ring (bicyclic) bond motifs is 2. The molecule has 3 heterocycles. The van der Waals surface area contributed by atoms with Gasteiger partial charge in [-0.05, 0) is 32.3 Å². The number of hydrogen-bond acceptors (Lipinski definition) is 3. The van der Waals surface area contributed by atoms with Crippen LogP contribution in [0, 0.1) is 0 Å². The van der Waals surface area contributed by atoms with Gasteiger partial charge in [0.25, 0.3) is 0 Å². The Morgan fingerprint density at radius 3 is 2.45 bits per heavy atom. The maximum Gasteiger partial charge on any atom is 0.211 e. The second-order valence-electron chi connectivity index (χ2n) is 5.98. The van der Waals surface area contributed by atoms with Crippen molar-refractivity contribution in [3.05, 3.63) is 11.6 Å². The molecule has 2 fully saturated rings. The van der Waals surface area contributed by atoms with E-state index < -0.39 is 26.2 Å². The Morgan fingerprint density at radius 2 is 1.90 bits per heavy atom. The summed E-state index contributed by atoms with van der Waals surface area (Å²) in [6, 6.07) is 0. The van der Waals surface area contributed by atoms with Crippen molar-refractivity contribution in [3.8, 4) is 0 Å². The number of carbonyl (C=O) groups is 1. The monoisotopic (exact) mass is 358 g/mol. The van der Waals surface area contributed by atoms with E-state index >= 15 is 0 Å². The number of Topliss-reactive ketones (excluding diaryl/α,β-unsaturated/α-hetero) is 1. The van der Waals surface area contributed by atoms with Crippen molar-refractivity contribution in [1.29, 1.82) is 0 Å². The van der Waals surface area contributed by atoms with Gasteiger partial charge < -0.3 is 9.47 Å². The van der Waals surface area contributed by atoms with Crippen LogP contribution in [0.2, 0.25) is 0 Å². The van der Waals surface area contributed by atoms with Crippen molar-refractivity contribution in [3.63, 3.8) is 0 Å². The number of alkyl halides is 4. The van der Waals surface area contributed by atoms with Crippen LogP contribution in [-0.2, 0) is 14.3 Å². The number of halogens is 4. The van der Waals surface area contributed by atoms with E-state index in [0.29, 0.717) is 19.4 Å². The average Bonchev–Trinajstić information content (AvgIpc) is 2.98. The van der Waals surface area contributed by atoms with E-state index in [9.17, 15) is 4.79 Å². The number of rotatable bonds is 3. The standard InChI is InChI=1S/C13H14Cl4O3/c1-7-5-8-12(14,15)9(18)13(16,17)11(7,20-8)4-3-10(2)6-19-10/h5,8H,3-4,6H2,1-2H3/t8-,10?,11+/m0/s1. The molecule has 0 N–H and O–H groups in total. The van der Waals surface area contributed by atoms with Gasteiger partial charge in [0.1, 0.15) is 11.7 Å². The molecule has 0 radical (unpaired) electrons. The quantitative estimate of drug-likeness (QED) is 0.439. The fourth-order valence-corrected chi connectivity index (χ4v) is 4.41. The topological polar surface area (TPSA) is 38.8 Å². The molecule has 3 nitrogen and oxygen atoms in total. The van der Waals surface area contributed by atoms with Crippen molar-refractivity contribution < 1.29 is 14.3 Å². The maximum absolute atomic E-state index is 12.4. The molecule has 3 aliphatic heterocycles. The molecule has 3 atom stereocenters. The lowest BCUT2D eigenvalue weighted by Gasteiger charge is -2.47. The Morgan fingerprint density at radius 1 is 1.30 bits per heavy atom. The minimum Gasteiger partial charge on any atom is -0.370 e. The highest BCUT2D eigenvalue weighted by Gasteiger charge is 2.71. The van der Waals surface area contributed by atoms with E-state index in [-0.39, 0.29) is 5.60 Å². The second kappa shape index (κ2) is 4.27. The van der Waals surface area contributed by atoms with Crippen LogP contribution in [-0.4, -0.2) is 38.4 Å². The van der Waals surface area contributed by atoms with Gasteiger partial charge in [-0.2, -0.15) is 0 Å². The number of ketones is 1. The van der Waals surface area contributed by atoms with Gasteiger partial charge in [-0.3, -0.25) is 4.79 Å². The molecule has 2 saturated heterocycles. The SMILES string of the molecule is CC1=C[C@@H]2O[C@@]1(CCC1(C)CO1)C(Cl)(Cl)C(=O)C2(Cl)Cl. The fraction of sp³-hybridized carbons (Fsp3) is 0.769. The molecular formula is C13H14Cl4O3. The van der Waals surface area contributed by atoms with Gasteiger partial charge in [0, 0.05) is 0 Å². The summed E-state index contributed by atoms with van der Waals surface area (Å²) in [4.78, 5) is 12.4. The van der Waals surface area contributed by atoms with Gasteiger partial charge in [0.05, 0.1) is 12.2 Å². The first-order valence-corrected chi connectivity index (χ1v) is 7.88. The van der Waals surface area contributed by atoms with Gasteiger partial charge in [-0.15, -0.1) is 0 Å². The molecule has 0 aromatic carbocycles. The third-order valence-corrected chi connectivity index (χ3v) is 6.19. The van der Waals surface area contributed by atoms with Gasteiger partial charge in [-0.25, -0.2) is 0 Å². The molecule has 20 heavy (non-hydrogen) atoms. The van der Waals surface area contributed by atoms with Crippen molar-refractivity contribution in [2.45, 2.75) is 52.7 Å². The van der Waals surface area contributed by atoms with E-state index in [4.69, 9.17) is 55.9 Å². The van der Waals surface area contributed by atoms with Crippen molar-refractivity contribution in [2.75, 3.05) is 6.61 Å². The van der Waals surface area contributed by atoms with Crippen LogP contribution in [0.25, 0.3) is 0 Å². The van der Waals surface area contributed by atoms with Crippen molar-refractivity contribution in [1.82, 2.24) is 0 Å². The molecule has 1 unspecified atom stereocenters. The minimum atomic E-state index is -1.81. The summed E-state index contributed by atoms with van der Waals surface area (Å²) < 4.78 is 7.72. The average molecular weight is 360 g/mol. The van der Waals surface area contributed by atoms with Crippen LogP contribution in [0.3, 0.4) is 0 Å². The Bertz CT molecular complexity index is 510. The van der Waals surface area contributed by atoms with Gasteiger partial charge in [0.2, 0.25) is 14.4 Å². The van der Waals surface area contributed by atoms with Crippen LogP contribution >= 0.6 is 46.4 Å².